The van der Waals surface area contributed by atoms with Crippen LogP contribution in [0, 0.1) is 0 Å². The van der Waals surface area contributed by atoms with Crippen molar-refractivity contribution in [3.63, 3.8) is 0 Å². The second kappa shape index (κ2) is 4.13. The number of rotatable bonds is 1. The molecule has 0 fully saturated rings. The van der Waals surface area contributed by atoms with E-state index >= 15 is 0 Å². The Labute approximate surface area is 103 Å². The van der Waals surface area contributed by atoms with Crippen molar-refractivity contribution < 1.29 is 10.2 Å². The molecule has 0 bridgehead atoms. The molecule has 0 radical (unpaired) electrons. The number of nitrogens with zero attached hydrogens (tertiary/aromatic N) is 1. The predicted octanol–water partition coefficient (Wildman–Crippen LogP) is 2.89. The summed E-state index contributed by atoms with van der Waals surface area (Å²) in [6, 6.07) is 7.02. The summed E-state index contributed by atoms with van der Waals surface area (Å²) in [7, 11) is 0. The predicted molar refractivity (Wildman–Crippen MR) is 67.1 cm³/mol. The van der Waals surface area contributed by atoms with Crippen LogP contribution in [0.3, 0.4) is 0 Å². The molecule has 2 N–H and O–H groups in total. The third-order valence-corrected chi connectivity index (χ3v) is 4.28. The molecule has 3 nitrogen and oxygen atoms in total. The molecule has 0 saturated heterocycles. The van der Waals surface area contributed by atoms with E-state index in [9.17, 15) is 10.2 Å². The van der Waals surface area contributed by atoms with Gasteiger partial charge in [0.1, 0.15) is 10.8 Å². The second-order valence-corrected chi connectivity index (χ2v) is 5.32. The van der Waals surface area contributed by atoms with Crippen molar-refractivity contribution in [3.8, 4) is 16.3 Å². The molecule has 1 aliphatic carbocycles. The minimum atomic E-state index is -0.345. The maximum atomic E-state index is 9.90. The average Bonchev–Trinajstić information content (AvgIpc) is 2.75. The van der Waals surface area contributed by atoms with E-state index in [1.165, 1.54) is 0 Å². The van der Waals surface area contributed by atoms with Crippen LogP contribution in [0.5, 0.6) is 5.75 Å². The van der Waals surface area contributed by atoms with E-state index in [4.69, 9.17) is 0 Å². The number of fused-ring (bicyclic) bond motifs is 1. The Hall–Kier alpha value is -1.39. The number of aliphatic hydroxyl groups is 1. The van der Waals surface area contributed by atoms with Crippen molar-refractivity contribution in [1.29, 1.82) is 0 Å². The number of benzene rings is 1. The number of hydrogen-bond acceptors (Lipinski definition) is 4. The van der Waals surface area contributed by atoms with Gasteiger partial charge >= 0.3 is 0 Å². The molecule has 1 heterocycles. The topological polar surface area (TPSA) is 53.4 Å². The Morgan fingerprint density at radius 3 is 2.71 bits per heavy atom. The molecule has 88 valence electrons. The van der Waals surface area contributed by atoms with Crippen molar-refractivity contribution in [1.82, 2.24) is 4.98 Å². The first-order valence-electron chi connectivity index (χ1n) is 5.71. The highest BCUT2D eigenvalue weighted by atomic mass is 32.1. The van der Waals surface area contributed by atoms with Crippen molar-refractivity contribution in [2.75, 3.05) is 0 Å². The van der Waals surface area contributed by atoms with Crippen molar-refractivity contribution >= 4 is 11.3 Å². The van der Waals surface area contributed by atoms with Crippen LogP contribution in [0.25, 0.3) is 10.6 Å². The van der Waals surface area contributed by atoms with Crippen LogP contribution in [0.1, 0.15) is 29.5 Å². The molecule has 0 spiro atoms. The molecule has 1 aromatic heterocycles. The van der Waals surface area contributed by atoms with Crippen LogP contribution < -0.4 is 0 Å². The standard InChI is InChI=1S/C13H13NO2S/c15-9-6-4-8(5-7-9)13-14-10-2-1-3-11(16)12(10)17-13/h4-7,11,15-16H,1-3H2. The van der Waals surface area contributed by atoms with Gasteiger partial charge in [-0.05, 0) is 43.5 Å². The number of aromatic nitrogens is 1. The van der Waals surface area contributed by atoms with E-state index < -0.39 is 0 Å². The first-order chi connectivity index (χ1) is 8.24. The molecule has 1 atom stereocenters. The number of thiazole rings is 1. The fraction of sp³-hybridized carbons (Fsp3) is 0.308. The third kappa shape index (κ3) is 1.94. The minimum absolute atomic E-state index is 0.259. The number of phenols is 1. The lowest BCUT2D eigenvalue weighted by molar-refractivity contribution is 0.160. The summed E-state index contributed by atoms with van der Waals surface area (Å²) in [6.45, 7) is 0. The molecule has 1 unspecified atom stereocenters. The zero-order valence-electron chi connectivity index (χ0n) is 9.26. The van der Waals surface area contributed by atoms with Crippen LogP contribution in [0.4, 0.5) is 0 Å². The van der Waals surface area contributed by atoms with Gasteiger partial charge in [0.25, 0.3) is 0 Å². The monoisotopic (exact) mass is 247 g/mol. The van der Waals surface area contributed by atoms with Crippen molar-refractivity contribution in [3.05, 3.63) is 34.8 Å². The first-order valence-corrected chi connectivity index (χ1v) is 6.53. The number of phenolic OH excluding ortho intramolecular Hbond substituents is 1. The fourth-order valence-electron chi connectivity index (χ4n) is 2.12. The highest BCUT2D eigenvalue weighted by molar-refractivity contribution is 7.15. The Balaban J connectivity index is 2.02. The maximum Gasteiger partial charge on any atom is 0.123 e. The Bertz CT molecular complexity index is 533. The van der Waals surface area contributed by atoms with Crippen molar-refractivity contribution in [2.45, 2.75) is 25.4 Å². The fourth-order valence-corrected chi connectivity index (χ4v) is 3.26. The van der Waals surface area contributed by atoms with Gasteiger partial charge in [0.2, 0.25) is 0 Å². The Morgan fingerprint density at radius 2 is 2.00 bits per heavy atom. The average molecular weight is 247 g/mol. The maximum absolute atomic E-state index is 9.90. The lowest BCUT2D eigenvalue weighted by atomic mass is 10.0. The molecule has 3 rings (SSSR count). The number of aromatic hydroxyl groups is 1. The van der Waals surface area contributed by atoms with E-state index in [2.05, 4.69) is 4.98 Å². The normalized spacial score (nSPS) is 19.0. The van der Waals surface area contributed by atoms with Crippen molar-refractivity contribution in [2.24, 2.45) is 0 Å². The SMILES string of the molecule is Oc1ccc(-c2nc3c(s2)C(O)CCC3)cc1. The molecule has 0 saturated carbocycles. The van der Waals surface area contributed by atoms with Gasteiger partial charge in [-0.25, -0.2) is 4.98 Å². The highest BCUT2D eigenvalue weighted by Crippen LogP contribution is 2.37. The van der Waals surface area contributed by atoms with Gasteiger partial charge in [-0.3, -0.25) is 0 Å². The van der Waals surface area contributed by atoms with E-state index in [0.717, 1.165) is 40.4 Å². The highest BCUT2D eigenvalue weighted by Gasteiger charge is 2.22. The first kappa shape index (κ1) is 10.7. The quantitative estimate of drug-likeness (QED) is 0.814. The summed E-state index contributed by atoms with van der Waals surface area (Å²) in [5.41, 5.74) is 2.03. The molecule has 0 amide bonds. The summed E-state index contributed by atoms with van der Waals surface area (Å²) in [6.07, 6.45) is 2.46. The zero-order valence-corrected chi connectivity index (χ0v) is 10.1. The van der Waals surface area contributed by atoms with Crippen LogP contribution in [0.15, 0.2) is 24.3 Å². The van der Waals surface area contributed by atoms with Gasteiger partial charge in [0.15, 0.2) is 0 Å². The zero-order chi connectivity index (χ0) is 11.8. The Morgan fingerprint density at radius 1 is 1.24 bits per heavy atom. The molecule has 4 heteroatoms. The van der Waals surface area contributed by atoms with E-state index in [1.807, 2.05) is 12.1 Å². The minimum Gasteiger partial charge on any atom is -0.508 e. The van der Waals surface area contributed by atoms with Gasteiger partial charge in [0.05, 0.1) is 16.7 Å². The van der Waals surface area contributed by atoms with Gasteiger partial charge < -0.3 is 10.2 Å². The lowest BCUT2D eigenvalue weighted by Gasteiger charge is -2.14. The lowest BCUT2D eigenvalue weighted by Crippen LogP contribution is -2.06. The van der Waals surface area contributed by atoms with Crippen LogP contribution >= 0.6 is 11.3 Å². The van der Waals surface area contributed by atoms with Crippen LogP contribution in [-0.4, -0.2) is 15.2 Å². The summed E-state index contributed by atoms with van der Waals surface area (Å²) in [4.78, 5) is 5.59. The third-order valence-electron chi connectivity index (χ3n) is 3.04. The van der Waals surface area contributed by atoms with Gasteiger partial charge in [0, 0.05) is 5.56 Å². The van der Waals surface area contributed by atoms with Gasteiger partial charge in [-0.1, -0.05) is 0 Å². The largest absolute Gasteiger partial charge is 0.508 e. The van der Waals surface area contributed by atoms with Gasteiger partial charge in [-0.15, -0.1) is 11.3 Å². The van der Waals surface area contributed by atoms with Gasteiger partial charge in [-0.2, -0.15) is 0 Å². The Kier molecular flexibility index (Phi) is 2.61. The van der Waals surface area contributed by atoms with Crippen LogP contribution in [0.2, 0.25) is 0 Å². The van der Waals surface area contributed by atoms with E-state index in [-0.39, 0.29) is 11.9 Å². The second-order valence-electron chi connectivity index (χ2n) is 4.28. The molecule has 1 aliphatic rings. The van der Waals surface area contributed by atoms with E-state index in [0.29, 0.717) is 0 Å². The number of aryl methyl sites for hydroxylation is 1. The molecule has 17 heavy (non-hydrogen) atoms. The summed E-state index contributed by atoms with van der Waals surface area (Å²) in [5.74, 6) is 0.259. The summed E-state index contributed by atoms with van der Waals surface area (Å²) >= 11 is 1.56. The molecule has 1 aromatic carbocycles. The van der Waals surface area contributed by atoms with E-state index in [1.54, 1.807) is 23.5 Å². The summed E-state index contributed by atoms with van der Waals surface area (Å²) in [5, 5.41) is 20.1. The molecular weight excluding hydrogens is 234 g/mol. The smallest absolute Gasteiger partial charge is 0.123 e. The van der Waals surface area contributed by atoms with Crippen LogP contribution in [-0.2, 0) is 6.42 Å². The summed E-state index contributed by atoms with van der Waals surface area (Å²) < 4.78 is 0. The molecule has 0 aliphatic heterocycles. The number of aliphatic hydroxyl groups excluding tert-OH is 1. The molecule has 2 aromatic rings. The molecular formula is C13H13NO2S. The number of hydrogen-bond donors (Lipinski definition) is 2.